The van der Waals surface area contributed by atoms with Crippen molar-refractivity contribution in [2.75, 3.05) is 13.7 Å². The minimum atomic E-state index is -0.542. The Bertz CT molecular complexity index is 694. The topological polar surface area (TPSA) is 73.2 Å². The maximum atomic E-state index is 11.9. The van der Waals surface area contributed by atoms with Crippen LogP contribution < -0.4 is 5.32 Å². The van der Waals surface area contributed by atoms with Crippen LogP contribution in [0.3, 0.4) is 0 Å². The van der Waals surface area contributed by atoms with Gasteiger partial charge in [0.15, 0.2) is 0 Å². The number of amides is 1. The summed E-state index contributed by atoms with van der Waals surface area (Å²) in [4.78, 5) is 27.6. The number of aromatic nitrogens is 2. The van der Waals surface area contributed by atoms with E-state index in [1.807, 2.05) is 6.92 Å². The highest BCUT2D eigenvalue weighted by Gasteiger charge is 2.19. The van der Waals surface area contributed by atoms with E-state index in [-0.39, 0.29) is 11.7 Å². The zero-order chi connectivity index (χ0) is 14.9. The fourth-order valence-electron chi connectivity index (χ4n) is 1.92. The highest BCUT2D eigenvalue weighted by atomic mass is 35.5. The van der Waals surface area contributed by atoms with Gasteiger partial charge in [-0.15, -0.1) is 0 Å². The lowest BCUT2D eigenvalue weighted by Crippen LogP contribution is -2.22. The molecule has 2 rings (SSSR count). The summed E-state index contributed by atoms with van der Waals surface area (Å²) < 4.78 is 6.24. The lowest BCUT2D eigenvalue weighted by atomic mass is 10.2. The van der Waals surface area contributed by atoms with Crippen LogP contribution in [0.25, 0.3) is 11.0 Å². The van der Waals surface area contributed by atoms with E-state index in [1.165, 1.54) is 7.11 Å². The number of ether oxygens (including phenoxy) is 1. The monoisotopic (exact) mass is 295 g/mol. The van der Waals surface area contributed by atoms with Gasteiger partial charge in [-0.05, 0) is 19.1 Å². The Hall–Kier alpha value is -2.08. The van der Waals surface area contributed by atoms with Crippen LogP contribution in [-0.4, -0.2) is 35.1 Å². The summed E-state index contributed by atoms with van der Waals surface area (Å²) in [7, 11) is 2.97. The molecule has 20 heavy (non-hydrogen) atoms. The molecule has 1 heterocycles. The zero-order valence-electron chi connectivity index (χ0n) is 11.4. The Kier molecular flexibility index (Phi) is 3.94. The molecule has 1 N–H and O–H groups in total. The SMILES string of the molecule is CCNC(=O)c1cc2nc(C(=O)OC)n(C)c2cc1Cl. The molecule has 0 aliphatic carbocycles. The van der Waals surface area contributed by atoms with E-state index in [9.17, 15) is 9.59 Å². The third-order valence-electron chi connectivity index (χ3n) is 2.92. The summed E-state index contributed by atoms with van der Waals surface area (Å²) >= 11 is 6.11. The highest BCUT2D eigenvalue weighted by molar-refractivity contribution is 6.34. The maximum Gasteiger partial charge on any atom is 0.374 e. The van der Waals surface area contributed by atoms with Crippen LogP contribution in [0.4, 0.5) is 0 Å². The van der Waals surface area contributed by atoms with Gasteiger partial charge in [0.25, 0.3) is 5.91 Å². The summed E-state index contributed by atoms with van der Waals surface area (Å²) in [6.45, 7) is 2.32. The van der Waals surface area contributed by atoms with Crippen LogP contribution in [0.5, 0.6) is 0 Å². The fourth-order valence-corrected chi connectivity index (χ4v) is 2.16. The van der Waals surface area contributed by atoms with Gasteiger partial charge in [-0.1, -0.05) is 11.6 Å². The van der Waals surface area contributed by atoms with E-state index in [1.54, 1.807) is 23.7 Å². The number of rotatable bonds is 3. The molecule has 0 fully saturated rings. The summed E-state index contributed by atoms with van der Waals surface area (Å²) in [6.07, 6.45) is 0. The van der Waals surface area contributed by atoms with E-state index in [4.69, 9.17) is 11.6 Å². The molecule has 0 bridgehead atoms. The number of methoxy groups -OCH3 is 1. The van der Waals surface area contributed by atoms with Gasteiger partial charge >= 0.3 is 5.97 Å². The van der Waals surface area contributed by atoms with Gasteiger partial charge in [0.05, 0.1) is 28.7 Å². The van der Waals surface area contributed by atoms with Crippen LogP contribution in [-0.2, 0) is 11.8 Å². The summed E-state index contributed by atoms with van der Waals surface area (Å²) in [5.41, 5.74) is 1.50. The average Bonchev–Trinajstić information content (AvgIpc) is 2.74. The first kappa shape index (κ1) is 14.3. The molecule has 2 aromatic rings. The Balaban J connectivity index is 2.60. The first-order valence-electron chi connectivity index (χ1n) is 6.02. The molecular weight excluding hydrogens is 282 g/mol. The van der Waals surface area contributed by atoms with E-state index in [0.29, 0.717) is 28.2 Å². The van der Waals surface area contributed by atoms with Crippen molar-refractivity contribution in [1.82, 2.24) is 14.9 Å². The number of nitrogens with one attached hydrogen (secondary N) is 1. The Labute approximate surface area is 120 Å². The molecule has 0 spiro atoms. The predicted octanol–water partition coefficient (Wildman–Crippen LogP) is 1.76. The lowest BCUT2D eigenvalue weighted by molar-refractivity contribution is 0.0583. The van der Waals surface area contributed by atoms with Crippen molar-refractivity contribution in [2.45, 2.75) is 6.92 Å². The van der Waals surface area contributed by atoms with Crippen molar-refractivity contribution in [2.24, 2.45) is 7.05 Å². The van der Waals surface area contributed by atoms with E-state index in [2.05, 4.69) is 15.0 Å². The largest absolute Gasteiger partial charge is 0.463 e. The second kappa shape index (κ2) is 5.50. The van der Waals surface area contributed by atoms with Crippen molar-refractivity contribution < 1.29 is 14.3 Å². The molecule has 0 aliphatic rings. The first-order valence-corrected chi connectivity index (χ1v) is 6.39. The van der Waals surface area contributed by atoms with Crippen LogP contribution in [0.15, 0.2) is 12.1 Å². The number of carbonyl (C=O) groups is 2. The number of carbonyl (C=O) groups excluding carboxylic acids is 2. The Morgan fingerprint density at radius 1 is 1.45 bits per heavy atom. The first-order chi connectivity index (χ1) is 9.49. The minimum Gasteiger partial charge on any atom is -0.463 e. The smallest absolute Gasteiger partial charge is 0.374 e. The number of fused-ring (bicyclic) bond motifs is 1. The molecule has 7 heteroatoms. The number of aryl methyl sites for hydroxylation is 1. The summed E-state index contributed by atoms with van der Waals surface area (Å²) in [5.74, 6) is -0.657. The third-order valence-corrected chi connectivity index (χ3v) is 3.23. The second-order valence-electron chi connectivity index (χ2n) is 4.17. The lowest BCUT2D eigenvalue weighted by Gasteiger charge is -2.05. The third kappa shape index (κ3) is 2.34. The van der Waals surface area contributed by atoms with Gasteiger partial charge in [0.1, 0.15) is 0 Å². The van der Waals surface area contributed by atoms with Crippen LogP contribution in [0.1, 0.15) is 27.9 Å². The standard InChI is InChI=1S/C13H14ClN3O3/c1-4-15-12(18)7-5-9-10(6-8(7)14)17(2)11(16-9)13(19)20-3/h5-6H,4H2,1-3H3,(H,15,18). The van der Waals surface area contributed by atoms with E-state index < -0.39 is 5.97 Å². The summed E-state index contributed by atoms with van der Waals surface area (Å²) in [6, 6.07) is 3.18. The molecule has 0 aliphatic heterocycles. The average molecular weight is 296 g/mol. The number of hydrogen-bond donors (Lipinski definition) is 1. The van der Waals surface area contributed by atoms with Crippen LogP contribution in [0, 0.1) is 0 Å². The summed E-state index contributed by atoms with van der Waals surface area (Å²) in [5, 5.41) is 2.98. The van der Waals surface area contributed by atoms with Crippen molar-refractivity contribution in [3.63, 3.8) is 0 Å². The molecule has 106 valence electrons. The van der Waals surface area contributed by atoms with Gasteiger partial charge in [-0.2, -0.15) is 0 Å². The van der Waals surface area contributed by atoms with Gasteiger partial charge in [0, 0.05) is 13.6 Å². The molecule has 0 unspecified atom stereocenters. The van der Waals surface area contributed by atoms with Crippen molar-refractivity contribution in [3.05, 3.63) is 28.5 Å². The van der Waals surface area contributed by atoms with Gasteiger partial charge in [-0.3, -0.25) is 4.79 Å². The van der Waals surface area contributed by atoms with Gasteiger partial charge < -0.3 is 14.6 Å². The molecule has 0 radical (unpaired) electrons. The van der Waals surface area contributed by atoms with Crippen molar-refractivity contribution >= 4 is 34.5 Å². The fraction of sp³-hybridized carbons (Fsp3) is 0.308. The van der Waals surface area contributed by atoms with Crippen LogP contribution in [0.2, 0.25) is 5.02 Å². The Morgan fingerprint density at radius 3 is 2.75 bits per heavy atom. The highest BCUT2D eigenvalue weighted by Crippen LogP contribution is 2.24. The van der Waals surface area contributed by atoms with Gasteiger partial charge in [-0.25, -0.2) is 9.78 Å². The zero-order valence-corrected chi connectivity index (χ0v) is 12.1. The number of nitrogens with zero attached hydrogens (tertiary/aromatic N) is 2. The second-order valence-corrected chi connectivity index (χ2v) is 4.57. The molecule has 0 atom stereocenters. The quantitative estimate of drug-likeness (QED) is 0.876. The van der Waals surface area contributed by atoms with E-state index in [0.717, 1.165) is 0 Å². The van der Waals surface area contributed by atoms with Crippen molar-refractivity contribution in [3.8, 4) is 0 Å². The normalized spacial score (nSPS) is 10.6. The van der Waals surface area contributed by atoms with Gasteiger partial charge in [0.2, 0.25) is 5.82 Å². The Morgan fingerprint density at radius 2 is 2.15 bits per heavy atom. The maximum absolute atomic E-state index is 11.9. The molecule has 1 amide bonds. The van der Waals surface area contributed by atoms with E-state index >= 15 is 0 Å². The molecule has 0 saturated heterocycles. The number of esters is 1. The number of benzene rings is 1. The number of hydrogen-bond acceptors (Lipinski definition) is 4. The molecule has 0 saturated carbocycles. The molecule has 1 aromatic carbocycles. The number of halogens is 1. The molecule has 6 nitrogen and oxygen atoms in total. The molecule has 1 aromatic heterocycles. The molecular formula is C13H14ClN3O3. The number of imidazole rings is 1. The van der Waals surface area contributed by atoms with Crippen molar-refractivity contribution in [1.29, 1.82) is 0 Å². The van der Waals surface area contributed by atoms with Crippen LogP contribution >= 0.6 is 11.6 Å². The predicted molar refractivity (Wildman–Crippen MR) is 75.1 cm³/mol. The minimum absolute atomic E-state index is 0.159.